The molecule has 0 saturated heterocycles. The van der Waals surface area contributed by atoms with Crippen LogP contribution in [-0.4, -0.2) is 30.7 Å². The van der Waals surface area contributed by atoms with Gasteiger partial charge in [0, 0.05) is 5.02 Å². The van der Waals surface area contributed by atoms with Gasteiger partial charge in [-0.05, 0) is 44.3 Å². The van der Waals surface area contributed by atoms with Crippen LogP contribution in [0.15, 0.2) is 12.1 Å². The highest BCUT2D eigenvalue weighted by atomic mass is 35.5. The summed E-state index contributed by atoms with van der Waals surface area (Å²) in [5.41, 5.74) is 1.13. The molecule has 0 aliphatic carbocycles. The van der Waals surface area contributed by atoms with E-state index in [4.69, 9.17) is 11.6 Å². The summed E-state index contributed by atoms with van der Waals surface area (Å²) in [5.74, 6) is -0.297. The molecule has 0 fully saturated rings. The zero-order chi connectivity index (χ0) is 11.6. The Morgan fingerprint density at radius 3 is 2.53 bits per heavy atom. The number of hydrogen-bond donors (Lipinski definition) is 1. The highest BCUT2D eigenvalue weighted by Gasteiger charge is 2.17. The first-order valence-corrected chi connectivity index (χ1v) is 5.08. The monoisotopic (exact) mass is 231 g/mol. The van der Waals surface area contributed by atoms with Gasteiger partial charge < -0.3 is 10.0 Å². The molecule has 0 saturated carbocycles. The Morgan fingerprint density at radius 2 is 2.07 bits per heavy atom. The molecule has 1 unspecified atom stereocenters. The molecule has 0 spiro atoms. The molecule has 1 aromatic rings. The second-order valence-corrected chi connectivity index (χ2v) is 4.19. The Bertz CT molecular complexity index is 355. The smallest absolute Gasteiger partial charge is 0.126 e. The van der Waals surface area contributed by atoms with Crippen molar-refractivity contribution >= 4 is 11.6 Å². The van der Waals surface area contributed by atoms with Crippen molar-refractivity contribution in [3.63, 3.8) is 0 Å². The first-order chi connectivity index (χ1) is 6.97. The highest BCUT2D eigenvalue weighted by molar-refractivity contribution is 6.31. The minimum Gasteiger partial charge on any atom is -0.394 e. The number of likely N-dealkylation sites (N-methyl/N-ethyl adjacent to an activating group) is 1. The Balaban J connectivity index is 3.18. The molecule has 15 heavy (non-hydrogen) atoms. The van der Waals surface area contributed by atoms with E-state index in [1.54, 1.807) is 17.9 Å². The summed E-state index contributed by atoms with van der Waals surface area (Å²) in [6.07, 6.45) is 0. The summed E-state index contributed by atoms with van der Waals surface area (Å²) in [5, 5.41) is 9.70. The van der Waals surface area contributed by atoms with Crippen molar-refractivity contribution in [1.29, 1.82) is 0 Å². The molecular formula is C11H15ClFNO. The number of aryl methyl sites for hydroxylation is 1. The maximum absolute atomic E-state index is 13.4. The van der Waals surface area contributed by atoms with Crippen molar-refractivity contribution < 1.29 is 9.50 Å². The van der Waals surface area contributed by atoms with Crippen molar-refractivity contribution in [2.75, 3.05) is 20.7 Å². The van der Waals surface area contributed by atoms with Crippen LogP contribution in [-0.2, 0) is 0 Å². The number of halogens is 2. The molecule has 4 heteroatoms. The van der Waals surface area contributed by atoms with Crippen molar-refractivity contribution in [2.24, 2.45) is 0 Å². The summed E-state index contributed by atoms with van der Waals surface area (Å²) in [6, 6.07) is 2.70. The third-order valence-electron chi connectivity index (χ3n) is 2.43. The van der Waals surface area contributed by atoms with E-state index < -0.39 is 0 Å². The average Bonchev–Trinajstić information content (AvgIpc) is 2.14. The molecule has 1 rings (SSSR count). The lowest BCUT2D eigenvalue weighted by Crippen LogP contribution is -2.23. The van der Waals surface area contributed by atoms with Crippen molar-refractivity contribution in [2.45, 2.75) is 13.0 Å². The van der Waals surface area contributed by atoms with E-state index in [1.165, 1.54) is 6.07 Å². The van der Waals surface area contributed by atoms with E-state index >= 15 is 0 Å². The Kier molecular flexibility index (Phi) is 4.08. The third kappa shape index (κ3) is 2.68. The normalized spacial score (nSPS) is 13.3. The van der Waals surface area contributed by atoms with Gasteiger partial charge in [-0.25, -0.2) is 4.39 Å². The Hall–Kier alpha value is -0.640. The maximum Gasteiger partial charge on any atom is 0.126 e. The van der Waals surface area contributed by atoms with Gasteiger partial charge in [-0.1, -0.05) is 11.6 Å². The third-order valence-corrected chi connectivity index (χ3v) is 2.76. The minimum absolute atomic E-state index is 0.0881. The van der Waals surface area contributed by atoms with Gasteiger partial charge in [0.1, 0.15) is 5.82 Å². The van der Waals surface area contributed by atoms with Crippen molar-refractivity contribution in [1.82, 2.24) is 4.90 Å². The fraction of sp³-hybridized carbons (Fsp3) is 0.455. The number of rotatable bonds is 3. The molecule has 0 aromatic heterocycles. The van der Waals surface area contributed by atoms with Crippen molar-refractivity contribution in [3.8, 4) is 0 Å². The molecule has 84 valence electrons. The minimum atomic E-state index is -0.297. The standard InChI is InChI=1S/C11H15ClFNO/c1-7-4-9(12)8(5-10(7)13)11(6-15)14(2)3/h4-5,11,15H,6H2,1-3H3. The summed E-state index contributed by atoms with van der Waals surface area (Å²) in [7, 11) is 3.63. The molecular weight excluding hydrogens is 217 g/mol. The van der Waals surface area contributed by atoms with E-state index in [0.29, 0.717) is 16.1 Å². The van der Waals surface area contributed by atoms with Gasteiger partial charge >= 0.3 is 0 Å². The van der Waals surface area contributed by atoms with E-state index in [2.05, 4.69) is 0 Å². The van der Waals surface area contributed by atoms with Gasteiger partial charge in [0.05, 0.1) is 12.6 Å². The maximum atomic E-state index is 13.4. The van der Waals surface area contributed by atoms with Gasteiger partial charge in [0.2, 0.25) is 0 Å². The van der Waals surface area contributed by atoms with Crippen LogP contribution in [0.5, 0.6) is 0 Å². The molecule has 0 amide bonds. The fourth-order valence-electron chi connectivity index (χ4n) is 1.46. The van der Waals surface area contributed by atoms with Gasteiger partial charge in [-0.15, -0.1) is 0 Å². The zero-order valence-corrected chi connectivity index (χ0v) is 9.85. The van der Waals surface area contributed by atoms with Crippen LogP contribution in [0.2, 0.25) is 5.02 Å². The van der Waals surface area contributed by atoms with Crippen LogP contribution in [0, 0.1) is 12.7 Å². The lowest BCUT2D eigenvalue weighted by Gasteiger charge is -2.23. The molecule has 1 aromatic carbocycles. The molecule has 1 N–H and O–H groups in total. The van der Waals surface area contributed by atoms with Crippen LogP contribution in [0.25, 0.3) is 0 Å². The van der Waals surface area contributed by atoms with Gasteiger partial charge in [-0.2, -0.15) is 0 Å². The predicted molar refractivity (Wildman–Crippen MR) is 59.7 cm³/mol. The number of benzene rings is 1. The van der Waals surface area contributed by atoms with Crippen LogP contribution in [0.3, 0.4) is 0 Å². The molecule has 1 atom stereocenters. The van der Waals surface area contributed by atoms with E-state index in [9.17, 15) is 9.50 Å². The molecule has 0 aliphatic rings. The van der Waals surface area contributed by atoms with Crippen LogP contribution >= 0.6 is 11.6 Å². The quantitative estimate of drug-likeness (QED) is 0.864. The van der Waals surface area contributed by atoms with E-state index in [0.717, 1.165) is 0 Å². The number of nitrogens with zero attached hydrogens (tertiary/aromatic N) is 1. The lowest BCUT2D eigenvalue weighted by atomic mass is 10.0. The van der Waals surface area contributed by atoms with Crippen LogP contribution < -0.4 is 0 Å². The molecule has 0 heterocycles. The number of hydrogen-bond acceptors (Lipinski definition) is 2. The Labute approximate surface area is 94.3 Å². The SMILES string of the molecule is Cc1cc(Cl)c(C(CO)N(C)C)cc1F. The molecule has 0 bridgehead atoms. The first kappa shape index (κ1) is 12.4. The summed E-state index contributed by atoms with van der Waals surface area (Å²) in [4.78, 5) is 1.80. The fourth-order valence-corrected chi connectivity index (χ4v) is 1.80. The summed E-state index contributed by atoms with van der Waals surface area (Å²) < 4.78 is 13.4. The molecule has 2 nitrogen and oxygen atoms in total. The molecule has 0 radical (unpaired) electrons. The van der Waals surface area contributed by atoms with Crippen molar-refractivity contribution in [3.05, 3.63) is 34.1 Å². The van der Waals surface area contributed by atoms with Gasteiger partial charge in [-0.3, -0.25) is 0 Å². The Morgan fingerprint density at radius 1 is 1.47 bits per heavy atom. The topological polar surface area (TPSA) is 23.5 Å². The van der Waals surface area contributed by atoms with Crippen LogP contribution in [0.1, 0.15) is 17.2 Å². The van der Waals surface area contributed by atoms with Gasteiger partial charge in [0.15, 0.2) is 0 Å². The largest absolute Gasteiger partial charge is 0.394 e. The second kappa shape index (κ2) is 4.92. The lowest BCUT2D eigenvalue weighted by molar-refractivity contribution is 0.170. The van der Waals surface area contributed by atoms with Gasteiger partial charge in [0.25, 0.3) is 0 Å². The first-order valence-electron chi connectivity index (χ1n) is 4.70. The van der Waals surface area contributed by atoms with E-state index in [1.807, 2.05) is 14.1 Å². The predicted octanol–water partition coefficient (Wildman–Crippen LogP) is 2.38. The highest BCUT2D eigenvalue weighted by Crippen LogP contribution is 2.28. The van der Waals surface area contributed by atoms with E-state index in [-0.39, 0.29) is 18.5 Å². The summed E-state index contributed by atoms with van der Waals surface area (Å²) in [6.45, 7) is 1.57. The molecule has 0 aliphatic heterocycles. The van der Waals surface area contributed by atoms with Crippen LogP contribution in [0.4, 0.5) is 4.39 Å². The summed E-state index contributed by atoms with van der Waals surface area (Å²) >= 11 is 6.01. The zero-order valence-electron chi connectivity index (χ0n) is 9.09. The number of aliphatic hydroxyl groups excluding tert-OH is 1. The second-order valence-electron chi connectivity index (χ2n) is 3.78. The average molecular weight is 232 g/mol. The number of aliphatic hydroxyl groups is 1.